The molecule has 1 aliphatic carbocycles. The standard InChI is InChI=1S/C13H18.C11H18.C6H14.C4H8.C4H6.C3H8.2C2H6.C2H4.CH4/c1-10(2)11-7-6-8-12(9-11)13(3,4)5;1-4-11-7-5-6-9(2)8-10(11)3;1-4-6(3)5-2;1-4(2)3;1-3-4-2;1-3-2;3*1-2;/h6-9H,1H2,2-5H3;4,9H,1,5-8H2,2-3H3;6H,4-5H2,1-3H3;1H2,2-3H3;3-4H,1-2H2;3H2,1-2H3;2*1-2H3;1-2H2;1H4. The number of benzene rings is 1. The maximum Gasteiger partial charge on any atom is -0.0132 e. The van der Waals surface area contributed by atoms with Crippen LogP contribution in [0.4, 0.5) is 0 Å². The fourth-order valence-corrected chi connectivity index (χ4v) is 3.43. The molecule has 0 nitrogen and oxygen atoms in total. The van der Waals surface area contributed by atoms with E-state index in [1.807, 2.05) is 54.5 Å². The van der Waals surface area contributed by atoms with Crippen molar-refractivity contribution in [3.05, 3.63) is 116 Å². The molecule has 0 amide bonds. The van der Waals surface area contributed by atoms with Gasteiger partial charge in [0, 0.05) is 0 Å². The molecule has 2 rings (SSSR count). The van der Waals surface area contributed by atoms with Crippen LogP contribution in [0.15, 0.2) is 105 Å². The van der Waals surface area contributed by atoms with Crippen LogP contribution in [0, 0.1) is 11.8 Å². The third-order valence-electron chi connectivity index (χ3n) is 6.37. The van der Waals surface area contributed by atoms with Crippen LogP contribution < -0.4 is 0 Å². The summed E-state index contributed by atoms with van der Waals surface area (Å²) in [5.74, 6) is 1.82. The predicted molar refractivity (Wildman–Crippen MR) is 238 cm³/mol. The molecule has 0 radical (unpaired) electrons. The molecule has 0 heteroatoms. The molecule has 284 valence electrons. The Morgan fingerprint density at radius 1 is 0.875 bits per heavy atom. The van der Waals surface area contributed by atoms with Gasteiger partial charge in [-0.2, -0.15) is 0 Å². The molecular formula is C48H92. The number of hydrogen-bond donors (Lipinski definition) is 0. The Kier molecular flexibility index (Phi) is 65.0. The second-order valence-electron chi connectivity index (χ2n) is 12.6. The fraction of sp³-hybridized carbons (Fsp3) is 0.583. The molecule has 0 spiro atoms. The molecular weight excluding hydrogens is 577 g/mol. The van der Waals surface area contributed by atoms with Crippen molar-refractivity contribution < 1.29 is 0 Å². The summed E-state index contributed by atoms with van der Waals surface area (Å²) in [5.41, 5.74) is 8.19. The third-order valence-corrected chi connectivity index (χ3v) is 6.37. The summed E-state index contributed by atoms with van der Waals surface area (Å²) in [5, 5.41) is 0. The van der Waals surface area contributed by atoms with Crippen LogP contribution >= 0.6 is 0 Å². The summed E-state index contributed by atoms with van der Waals surface area (Å²) in [4.78, 5) is 0. The Morgan fingerprint density at radius 2 is 1.27 bits per heavy atom. The summed E-state index contributed by atoms with van der Waals surface area (Å²) in [7, 11) is 0. The second kappa shape index (κ2) is 48.8. The lowest BCUT2D eigenvalue weighted by Crippen LogP contribution is -2.10. The Labute approximate surface area is 308 Å². The highest BCUT2D eigenvalue weighted by Crippen LogP contribution is 2.27. The highest BCUT2D eigenvalue weighted by atomic mass is 14.2. The average molecular weight is 669 g/mol. The van der Waals surface area contributed by atoms with Gasteiger partial charge in [-0.1, -0.05) is 209 Å². The van der Waals surface area contributed by atoms with E-state index in [0.29, 0.717) is 0 Å². The lowest BCUT2D eigenvalue weighted by atomic mass is 9.85. The van der Waals surface area contributed by atoms with E-state index in [4.69, 9.17) is 0 Å². The molecule has 48 heavy (non-hydrogen) atoms. The van der Waals surface area contributed by atoms with Gasteiger partial charge in [-0.25, -0.2) is 0 Å². The van der Waals surface area contributed by atoms with E-state index < -0.39 is 0 Å². The summed E-state index contributed by atoms with van der Waals surface area (Å²) < 4.78 is 0. The number of hydrogen-bond acceptors (Lipinski definition) is 0. The van der Waals surface area contributed by atoms with E-state index in [2.05, 4.69) is 140 Å². The number of rotatable bonds is 5. The molecule has 0 heterocycles. The molecule has 0 saturated carbocycles. The van der Waals surface area contributed by atoms with Crippen LogP contribution in [0.2, 0.25) is 0 Å². The smallest absolute Gasteiger partial charge is 0.0132 e. The molecule has 1 unspecified atom stereocenters. The molecule has 0 fully saturated rings. The van der Waals surface area contributed by atoms with E-state index in [0.717, 1.165) is 17.4 Å². The van der Waals surface area contributed by atoms with Gasteiger partial charge in [0.25, 0.3) is 0 Å². The van der Waals surface area contributed by atoms with Crippen molar-refractivity contribution >= 4 is 5.57 Å². The second-order valence-corrected chi connectivity index (χ2v) is 12.6. The zero-order valence-corrected chi connectivity index (χ0v) is 35.6. The monoisotopic (exact) mass is 669 g/mol. The van der Waals surface area contributed by atoms with Crippen molar-refractivity contribution in [3.8, 4) is 0 Å². The Morgan fingerprint density at radius 3 is 1.54 bits per heavy atom. The SMILES string of the molecule is C.C=C.C=C(C)C.C=C(C)c1cccc(C(C)(C)C)c1.C=CC1=C(C)CC(C)CCC1.C=CC=C.CC.CC.CCC.CCC(C)CC. The van der Waals surface area contributed by atoms with Crippen LogP contribution in [-0.4, -0.2) is 0 Å². The van der Waals surface area contributed by atoms with Crippen molar-refractivity contribution in [1.29, 1.82) is 0 Å². The first-order valence-corrected chi connectivity index (χ1v) is 18.4. The van der Waals surface area contributed by atoms with E-state index in [1.54, 1.807) is 17.7 Å². The normalized spacial score (nSPS) is 12.1. The van der Waals surface area contributed by atoms with Crippen molar-refractivity contribution in [1.82, 2.24) is 0 Å². The summed E-state index contributed by atoms with van der Waals surface area (Å²) in [6, 6.07) is 8.61. The third kappa shape index (κ3) is 52.9. The van der Waals surface area contributed by atoms with Gasteiger partial charge in [-0.3, -0.25) is 0 Å². The largest absolute Gasteiger partial charge is 0.106 e. The first-order valence-electron chi connectivity index (χ1n) is 18.4. The van der Waals surface area contributed by atoms with Crippen molar-refractivity contribution in [2.75, 3.05) is 0 Å². The summed E-state index contributed by atoms with van der Waals surface area (Å²) >= 11 is 0. The van der Waals surface area contributed by atoms with Crippen LogP contribution in [0.3, 0.4) is 0 Å². The van der Waals surface area contributed by atoms with Crippen molar-refractivity contribution in [2.24, 2.45) is 11.8 Å². The maximum atomic E-state index is 3.95. The zero-order valence-electron chi connectivity index (χ0n) is 35.6. The van der Waals surface area contributed by atoms with E-state index >= 15 is 0 Å². The van der Waals surface area contributed by atoms with E-state index in [9.17, 15) is 0 Å². The molecule has 0 N–H and O–H groups in total. The van der Waals surface area contributed by atoms with Gasteiger partial charge in [-0.15, -0.1) is 19.7 Å². The highest BCUT2D eigenvalue weighted by Gasteiger charge is 2.13. The molecule has 0 bridgehead atoms. The Balaban J connectivity index is -0.0000000689. The van der Waals surface area contributed by atoms with Crippen molar-refractivity contribution in [3.63, 3.8) is 0 Å². The zero-order chi connectivity index (χ0) is 39.0. The van der Waals surface area contributed by atoms with Gasteiger partial charge in [0.05, 0.1) is 0 Å². The molecule has 0 aliphatic heterocycles. The topological polar surface area (TPSA) is 0 Å². The minimum atomic E-state index is 0. The molecule has 1 atom stereocenters. The predicted octanol–water partition coefficient (Wildman–Crippen LogP) is 18.0. The van der Waals surface area contributed by atoms with Gasteiger partial charge in [-0.05, 0) is 80.9 Å². The molecule has 1 aromatic carbocycles. The minimum Gasteiger partial charge on any atom is -0.106 e. The first-order chi connectivity index (χ1) is 22.0. The van der Waals surface area contributed by atoms with Crippen LogP contribution in [0.25, 0.3) is 5.57 Å². The van der Waals surface area contributed by atoms with Gasteiger partial charge in [0.2, 0.25) is 0 Å². The van der Waals surface area contributed by atoms with Crippen molar-refractivity contribution in [2.45, 2.75) is 175 Å². The first kappa shape index (κ1) is 64.0. The molecule has 1 aliphatic rings. The van der Waals surface area contributed by atoms with E-state index in [1.165, 1.54) is 67.2 Å². The van der Waals surface area contributed by atoms with Crippen LogP contribution in [-0.2, 0) is 5.41 Å². The van der Waals surface area contributed by atoms with E-state index in [-0.39, 0.29) is 12.8 Å². The average Bonchev–Trinajstić information content (AvgIpc) is 3.22. The molecule has 0 aromatic heterocycles. The number of allylic oxidation sites excluding steroid dienone is 7. The summed E-state index contributed by atoms with van der Waals surface area (Å²) in [6.07, 6.45) is 14.5. The van der Waals surface area contributed by atoms with Crippen LogP contribution in [0.5, 0.6) is 0 Å². The Bertz CT molecular complexity index is 854. The van der Waals surface area contributed by atoms with Gasteiger partial charge in [0.1, 0.15) is 0 Å². The highest BCUT2D eigenvalue weighted by molar-refractivity contribution is 5.62. The fourth-order valence-electron chi connectivity index (χ4n) is 3.43. The van der Waals surface area contributed by atoms with Gasteiger partial charge >= 0.3 is 0 Å². The minimum absolute atomic E-state index is 0. The maximum absolute atomic E-state index is 3.95. The summed E-state index contributed by atoms with van der Waals surface area (Å²) in [6.45, 7) is 60.3. The lowest BCUT2D eigenvalue weighted by molar-refractivity contribution is 0.524. The molecule has 0 saturated heterocycles. The lowest BCUT2D eigenvalue weighted by Gasteiger charge is -2.19. The molecule has 1 aromatic rings. The van der Waals surface area contributed by atoms with Crippen LogP contribution in [0.1, 0.15) is 181 Å². The Hall–Kier alpha value is -2.60. The van der Waals surface area contributed by atoms with Gasteiger partial charge < -0.3 is 0 Å². The quantitative estimate of drug-likeness (QED) is 0.216. The van der Waals surface area contributed by atoms with Gasteiger partial charge in [0.15, 0.2) is 0 Å².